The Balaban J connectivity index is 1.94. The lowest BCUT2D eigenvalue weighted by atomic mass is 9.99. The summed E-state index contributed by atoms with van der Waals surface area (Å²) in [5.41, 5.74) is 2.87. The van der Waals surface area contributed by atoms with E-state index in [1.807, 2.05) is 32.0 Å². The van der Waals surface area contributed by atoms with Crippen LogP contribution in [0.15, 0.2) is 18.2 Å². The molecule has 1 saturated heterocycles. The quantitative estimate of drug-likeness (QED) is 0.819. The summed E-state index contributed by atoms with van der Waals surface area (Å²) in [4.78, 5) is 26.3. The molecular formula is C18H26N2O3. The second kappa shape index (κ2) is 8.11. The summed E-state index contributed by atoms with van der Waals surface area (Å²) in [6.45, 7) is 4.69. The van der Waals surface area contributed by atoms with Crippen LogP contribution in [0.3, 0.4) is 0 Å². The molecule has 1 atom stereocenters. The molecule has 0 radical (unpaired) electrons. The Kier molecular flexibility index (Phi) is 6.16. The molecule has 1 heterocycles. The predicted molar refractivity (Wildman–Crippen MR) is 90.2 cm³/mol. The van der Waals surface area contributed by atoms with E-state index in [0.29, 0.717) is 13.0 Å². The van der Waals surface area contributed by atoms with Crippen molar-refractivity contribution < 1.29 is 14.7 Å². The van der Waals surface area contributed by atoms with Gasteiger partial charge in [-0.2, -0.15) is 0 Å². The second-order valence-corrected chi connectivity index (χ2v) is 6.29. The van der Waals surface area contributed by atoms with Crippen molar-refractivity contribution in [3.63, 3.8) is 0 Å². The Morgan fingerprint density at radius 1 is 1.30 bits per heavy atom. The van der Waals surface area contributed by atoms with Gasteiger partial charge in [-0.1, -0.05) is 17.7 Å². The summed E-state index contributed by atoms with van der Waals surface area (Å²) in [5.74, 6) is -0.430. The number of anilines is 1. The van der Waals surface area contributed by atoms with Gasteiger partial charge >= 0.3 is 0 Å². The van der Waals surface area contributed by atoms with Gasteiger partial charge in [0.05, 0.1) is 0 Å². The molecule has 1 aromatic rings. The van der Waals surface area contributed by atoms with Crippen LogP contribution in [0.4, 0.5) is 5.69 Å². The molecule has 23 heavy (non-hydrogen) atoms. The number of likely N-dealkylation sites (tertiary alicyclic amines) is 1. The SMILES string of the molecule is Cc1ccc(NC(=O)CC(=O)N2CCCCC2CCO)c(C)c1. The first-order chi connectivity index (χ1) is 11.0. The maximum Gasteiger partial charge on any atom is 0.233 e. The molecule has 0 bridgehead atoms. The lowest BCUT2D eigenvalue weighted by molar-refractivity contribution is -0.138. The largest absolute Gasteiger partial charge is 0.396 e. The summed E-state index contributed by atoms with van der Waals surface area (Å²) in [6, 6.07) is 5.86. The standard InChI is InChI=1S/C18H26N2O3/c1-13-6-7-16(14(2)11-13)19-17(22)12-18(23)20-9-4-3-5-15(20)8-10-21/h6-7,11,15,21H,3-5,8-10,12H2,1-2H3,(H,19,22). The van der Waals surface area contributed by atoms with E-state index in [1.165, 1.54) is 0 Å². The number of benzene rings is 1. The number of hydrogen-bond acceptors (Lipinski definition) is 3. The Hall–Kier alpha value is -1.88. The van der Waals surface area contributed by atoms with Gasteiger partial charge < -0.3 is 15.3 Å². The fraction of sp³-hybridized carbons (Fsp3) is 0.556. The highest BCUT2D eigenvalue weighted by molar-refractivity contribution is 6.04. The monoisotopic (exact) mass is 318 g/mol. The lowest BCUT2D eigenvalue weighted by Crippen LogP contribution is -2.45. The first-order valence-corrected chi connectivity index (χ1v) is 8.28. The Labute approximate surface area is 137 Å². The number of piperidine rings is 1. The number of nitrogens with one attached hydrogen (secondary N) is 1. The van der Waals surface area contributed by atoms with E-state index in [0.717, 1.165) is 36.1 Å². The topological polar surface area (TPSA) is 69.6 Å². The minimum Gasteiger partial charge on any atom is -0.396 e. The van der Waals surface area contributed by atoms with Crippen molar-refractivity contribution in [3.05, 3.63) is 29.3 Å². The van der Waals surface area contributed by atoms with Crippen LogP contribution in [0, 0.1) is 13.8 Å². The first kappa shape index (κ1) is 17.5. The molecule has 1 fully saturated rings. The Morgan fingerprint density at radius 3 is 2.78 bits per heavy atom. The zero-order chi connectivity index (χ0) is 16.8. The van der Waals surface area contributed by atoms with Crippen molar-refractivity contribution in [3.8, 4) is 0 Å². The number of aliphatic hydroxyl groups excluding tert-OH is 1. The molecule has 2 rings (SSSR count). The van der Waals surface area contributed by atoms with E-state index < -0.39 is 0 Å². The highest BCUT2D eigenvalue weighted by Crippen LogP contribution is 2.21. The predicted octanol–water partition coefficient (Wildman–Crippen LogP) is 2.40. The average Bonchev–Trinajstić information content (AvgIpc) is 2.51. The Morgan fingerprint density at radius 2 is 2.09 bits per heavy atom. The van der Waals surface area contributed by atoms with Gasteiger partial charge in [0.2, 0.25) is 11.8 Å². The molecule has 1 unspecified atom stereocenters. The molecule has 0 spiro atoms. The molecule has 1 aliphatic heterocycles. The van der Waals surface area contributed by atoms with Gasteiger partial charge in [-0.25, -0.2) is 0 Å². The number of aliphatic hydroxyl groups is 1. The zero-order valence-corrected chi connectivity index (χ0v) is 14.0. The fourth-order valence-corrected chi connectivity index (χ4v) is 3.17. The van der Waals surface area contributed by atoms with Gasteiger partial charge in [0.1, 0.15) is 6.42 Å². The maximum absolute atomic E-state index is 12.4. The van der Waals surface area contributed by atoms with E-state index in [1.54, 1.807) is 4.90 Å². The van der Waals surface area contributed by atoms with Crippen LogP contribution >= 0.6 is 0 Å². The molecule has 0 aliphatic carbocycles. The molecule has 0 saturated carbocycles. The highest BCUT2D eigenvalue weighted by atomic mass is 16.3. The van der Waals surface area contributed by atoms with Gasteiger partial charge in [0, 0.05) is 24.9 Å². The van der Waals surface area contributed by atoms with Crippen LogP contribution in [0.2, 0.25) is 0 Å². The zero-order valence-electron chi connectivity index (χ0n) is 14.0. The molecule has 2 N–H and O–H groups in total. The van der Waals surface area contributed by atoms with Crippen LogP contribution in [0.1, 0.15) is 43.2 Å². The van der Waals surface area contributed by atoms with Gasteiger partial charge in [-0.15, -0.1) is 0 Å². The maximum atomic E-state index is 12.4. The third-order valence-corrected chi connectivity index (χ3v) is 4.38. The second-order valence-electron chi connectivity index (χ2n) is 6.29. The minimum absolute atomic E-state index is 0.0650. The summed E-state index contributed by atoms with van der Waals surface area (Å²) in [6.07, 6.45) is 3.39. The molecular weight excluding hydrogens is 292 g/mol. The normalized spacial score (nSPS) is 17.9. The average molecular weight is 318 g/mol. The van der Waals surface area contributed by atoms with Crippen molar-refractivity contribution in [2.45, 2.75) is 52.0 Å². The summed E-state index contributed by atoms with van der Waals surface area (Å²) >= 11 is 0. The highest BCUT2D eigenvalue weighted by Gasteiger charge is 2.27. The number of amides is 2. The molecule has 2 amide bonds. The number of hydrogen-bond donors (Lipinski definition) is 2. The molecule has 0 aromatic heterocycles. The molecule has 126 valence electrons. The van der Waals surface area contributed by atoms with Gasteiger partial charge in [-0.3, -0.25) is 9.59 Å². The van der Waals surface area contributed by atoms with Crippen molar-refractivity contribution in [1.82, 2.24) is 4.90 Å². The van der Waals surface area contributed by atoms with Crippen molar-refractivity contribution in [2.75, 3.05) is 18.5 Å². The smallest absolute Gasteiger partial charge is 0.233 e. The van der Waals surface area contributed by atoms with E-state index >= 15 is 0 Å². The Bertz CT molecular complexity index is 569. The van der Waals surface area contributed by atoms with E-state index in [-0.39, 0.29) is 30.9 Å². The van der Waals surface area contributed by atoms with Crippen molar-refractivity contribution in [2.24, 2.45) is 0 Å². The number of carbonyl (C=O) groups is 2. The third kappa shape index (κ3) is 4.79. The molecule has 5 nitrogen and oxygen atoms in total. The number of carbonyl (C=O) groups excluding carboxylic acids is 2. The number of rotatable bonds is 5. The molecule has 1 aliphatic rings. The van der Waals surface area contributed by atoms with E-state index in [2.05, 4.69) is 5.32 Å². The number of aryl methyl sites for hydroxylation is 2. The fourth-order valence-electron chi connectivity index (χ4n) is 3.17. The van der Waals surface area contributed by atoms with E-state index in [4.69, 9.17) is 5.11 Å². The van der Waals surface area contributed by atoms with Gasteiger partial charge in [-0.05, 0) is 51.2 Å². The van der Waals surface area contributed by atoms with Crippen LogP contribution in [0.25, 0.3) is 0 Å². The van der Waals surface area contributed by atoms with Crippen LogP contribution in [0.5, 0.6) is 0 Å². The summed E-state index contributed by atoms with van der Waals surface area (Å²) in [7, 11) is 0. The van der Waals surface area contributed by atoms with Crippen LogP contribution in [-0.4, -0.2) is 41.0 Å². The molecule has 5 heteroatoms. The van der Waals surface area contributed by atoms with Crippen molar-refractivity contribution in [1.29, 1.82) is 0 Å². The van der Waals surface area contributed by atoms with E-state index in [9.17, 15) is 9.59 Å². The number of nitrogens with zero attached hydrogens (tertiary/aromatic N) is 1. The minimum atomic E-state index is -0.282. The first-order valence-electron chi connectivity index (χ1n) is 8.28. The summed E-state index contributed by atoms with van der Waals surface area (Å²) < 4.78 is 0. The van der Waals surface area contributed by atoms with Gasteiger partial charge in [0.15, 0.2) is 0 Å². The third-order valence-electron chi connectivity index (χ3n) is 4.38. The summed E-state index contributed by atoms with van der Waals surface area (Å²) in [5, 5.41) is 11.9. The molecule has 1 aromatic carbocycles. The van der Waals surface area contributed by atoms with Crippen molar-refractivity contribution >= 4 is 17.5 Å². The van der Waals surface area contributed by atoms with Crippen LogP contribution in [-0.2, 0) is 9.59 Å². The van der Waals surface area contributed by atoms with Gasteiger partial charge in [0.25, 0.3) is 0 Å². The lowest BCUT2D eigenvalue weighted by Gasteiger charge is -2.35. The van der Waals surface area contributed by atoms with Crippen LogP contribution < -0.4 is 5.32 Å².